The average molecular weight is 280 g/mol. The van der Waals surface area contributed by atoms with Gasteiger partial charge in [-0.25, -0.2) is 0 Å². The quantitative estimate of drug-likeness (QED) is 0.693. The molecule has 0 aromatic carbocycles. The summed E-state index contributed by atoms with van der Waals surface area (Å²) in [6.45, 7) is 7.69. The van der Waals surface area contributed by atoms with Crippen molar-refractivity contribution in [3.63, 3.8) is 0 Å². The fourth-order valence-electron chi connectivity index (χ4n) is 3.87. The van der Waals surface area contributed by atoms with Crippen molar-refractivity contribution in [1.29, 1.82) is 0 Å². The van der Waals surface area contributed by atoms with Gasteiger partial charge in [-0.05, 0) is 25.2 Å². The Kier molecular flexibility index (Phi) is 6.34. The van der Waals surface area contributed by atoms with E-state index in [-0.39, 0.29) is 0 Å². The summed E-state index contributed by atoms with van der Waals surface area (Å²) in [6.07, 6.45) is 9.77. The van der Waals surface area contributed by atoms with E-state index in [0.29, 0.717) is 23.8 Å². The topological polar surface area (TPSA) is 32.3 Å². The maximum Gasteiger partial charge on any atom is 0.222 e. The first-order valence-electron chi connectivity index (χ1n) is 8.74. The third-order valence-electron chi connectivity index (χ3n) is 5.25. The van der Waals surface area contributed by atoms with Gasteiger partial charge in [0.25, 0.3) is 0 Å². The molecule has 0 aliphatic carbocycles. The predicted octanol–water partition coefficient (Wildman–Crippen LogP) is 3.19. The van der Waals surface area contributed by atoms with Crippen molar-refractivity contribution in [2.75, 3.05) is 19.6 Å². The molecule has 3 atom stereocenters. The first-order chi connectivity index (χ1) is 9.74. The van der Waals surface area contributed by atoms with Crippen LogP contribution in [-0.4, -0.2) is 36.5 Å². The highest BCUT2D eigenvalue weighted by molar-refractivity contribution is 5.76. The Morgan fingerprint density at radius 1 is 1.10 bits per heavy atom. The van der Waals surface area contributed by atoms with Crippen LogP contribution in [0.5, 0.6) is 0 Å². The zero-order chi connectivity index (χ0) is 14.4. The highest BCUT2D eigenvalue weighted by Crippen LogP contribution is 2.32. The smallest absolute Gasteiger partial charge is 0.222 e. The molecule has 0 bridgehead atoms. The standard InChI is InChI=1S/C17H32N2O/c1-3-4-5-6-7-8-9-10-17(20)19-13-15-11-18-12-16(15)14(19)2/h14-16,18H,3-13H2,1-2H3. The zero-order valence-electron chi connectivity index (χ0n) is 13.4. The molecule has 2 fully saturated rings. The number of fused-ring (bicyclic) bond motifs is 1. The van der Waals surface area contributed by atoms with Gasteiger partial charge in [0, 0.05) is 32.1 Å². The Balaban J connectivity index is 1.58. The Morgan fingerprint density at radius 2 is 1.80 bits per heavy atom. The van der Waals surface area contributed by atoms with E-state index >= 15 is 0 Å². The van der Waals surface area contributed by atoms with Crippen LogP contribution < -0.4 is 5.32 Å². The van der Waals surface area contributed by atoms with Gasteiger partial charge in [0.1, 0.15) is 0 Å². The maximum atomic E-state index is 12.3. The van der Waals surface area contributed by atoms with Crippen LogP contribution in [0.15, 0.2) is 0 Å². The second-order valence-electron chi connectivity index (χ2n) is 6.74. The highest BCUT2D eigenvalue weighted by atomic mass is 16.2. The van der Waals surface area contributed by atoms with Crippen molar-refractivity contribution < 1.29 is 4.79 Å². The van der Waals surface area contributed by atoms with Crippen LogP contribution in [0, 0.1) is 11.8 Å². The summed E-state index contributed by atoms with van der Waals surface area (Å²) in [5.74, 6) is 1.82. The number of carbonyl (C=O) groups excluding carboxylic acids is 1. The van der Waals surface area contributed by atoms with E-state index in [1.807, 2.05) is 0 Å². The van der Waals surface area contributed by atoms with Gasteiger partial charge in [0.15, 0.2) is 0 Å². The lowest BCUT2D eigenvalue weighted by molar-refractivity contribution is -0.132. The normalized spacial score (nSPS) is 28.9. The summed E-state index contributed by atoms with van der Waals surface area (Å²) in [5, 5.41) is 3.45. The lowest BCUT2D eigenvalue weighted by Crippen LogP contribution is -2.37. The Labute approximate surface area is 124 Å². The summed E-state index contributed by atoms with van der Waals surface area (Å²) in [4.78, 5) is 14.5. The van der Waals surface area contributed by atoms with E-state index in [1.54, 1.807) is 0 Å². The van der Waals surface area contributed by atoms with E-state index in [1.165, 1.54) is 38.5 Å². The number of carbonyl (C=O) groups is 1. The molecule has 3 unspecified atom stereocenters. The minimum Gasteiger partial charge on any atom is -0.339 e. The molecule has 2 saturated heterocycles. The van der Waals surface area contributed by atoms with Crippen molar-refractivity contribution in [2.24, 2.45) is 11.8 Å². The van der Waals surface area contributed by atoms with Gasteiger partial charge in [-0.3, -0.25) is 4.79 Å². The van der Waals surface area contributed by atoms with Gasteiger partial charge in [0.2, 0.25) is 5.91 Å². The molecule has 0 saturated carbocycles. The van der Waals surface area contributed by atoms with Crippen molar-refractivity contribution in [2.45, 2.75) is 71.3 Å². The summed E-state index contributed by atoms with van der Waals surface area (Å²) >= 11 is 0. The van der Waals surface area contributed by atoms with Crippen LogP contribution >= 0.6 is 0 Å². The van der Waals surface area contributed by atoms with Gasteiger partial charge in [0.05, 0.1) is 0 Å². The number of amides is 1. The van der Waals surface area contributed by atoms with Gasteiger partial charge in [-0.15, -0.1) is 0 Å². The summed E-state index contributed by atoms with van der Waals surface area (Å²) in [6, 6.07) is 0.451. The fraction of sp³-hybridized carbons (Fsp3) is 0.941. The number of rotatable bonds is 8. The molecule has 0 aromatic rings. The van der Waals surface area contributed by atoms with E-state index < -0.39 is 0 Å². The molecule has 0 radical (unpaired) electrons. The van der Waals surface area contributed by atoms with E-state index in [0.717, 1.165) is 32.5 Å². The zero-order valence-corrected chi connectivity index (χ0v) is 13.4. The number of unbranched alkanes of at least 4 members (excludes halogenated alkanes) is 6. The average Bonchev–Trinajstić information content (AvgIpc) is 3.01. The molecule has 2 aliphatic rings. The molecular weight excluding hydrogens is 248 g/mol. The third-order valence-corrected chi connectivity index (χ3v) is 5.25. The van der Waals surface area contributed by atoms with Crippen LogP contribution in [0.25, 0.3) is 0 Å². The SMILES string of the molecule is CCCCCCCCCC(=O)N1CC2CNCC2C1C. The van der Waals surface area contributed by atoms with Crippen LogP contribution in [0.2, 0.25) is 0 Å². The summed E-state index contributed by atoms with van der Waals surface area (Å²) in [5.41, 5.74) is 0. The second-order valence-corrected chi connectivity index (χ2v) is 6.74. The molecule has 2 rings (SSSR count). The number of hydrogen-bond acceptors (Lipinski definition) is 2. The maximum absolute atomic E-state index is 12.3. The minimum absolute atomic E-state index is 0.403. The Hall–Kier alpha value is -0.570. The minimum atomic E-state index is 0.403. The third kappa shape index (κ3) is 3.97. The number of nitrogens with one attached hydrogen (secondary N) is 1. The van der Waals surface area contributed by atoms with Crippen LogP contribution in [0.4, 0.5) is 0 Å². The highest BCUT2D eigenvalue weighted by Gasteiger charge is 2.43. The van der Waals surface area contributed by atoms with E-state index in [9.17, 15) is 4.79 Å². The van der Waals surface area contributed by atoms with Gasteiger partial charge >= 0.3 is 0 Å². The molecular formula is C17H32N2O. The van der Waals surface area contributed by atoms with E-state index in [4.69, 9.17) is 0 Å². The number of hydrogen-bond donors (Lipinski definition) is 1. The van der Waals surface area contributed by atoms with Crippen molar-refractivity contribution in [1.82, 2.24) is 10.2 Å². The van der Waals surface area contributed by atoms with Crippen molar-refractivity contribution in [3.05, 3.63) is 0 Å². The molecule has 1 amide bonds. The Morgan fingerprint density at radius 3 is 2.50 bits per heavy atom. The lowest BCUT2D eigenvalue weighted by atomic mass is 9.95. The lowest BCUT2D eigenvalue weighted by Gasteiger charge is -2.24. The molecule has 0 aromatic heterocycles. The molecule has 116 valence electrons. The largest absolute Gasteiger partial charge is 0.339 e. The molecule has 3 heteroatoms. The second kappa shape index (κ2) is 8.02. The van der Waals surface area contributed by atoms with Gasteiger partial charge in [-0.2, -0.15) is 0 Å². The van der Waals surface area contributed by atoms with Gasteiger partial charge in [-0.1, -0.05) is 45.4 Å². The van der Waals surface area contributed by atoms with Crippen molar-refractivity contribution in [3.8, 4) is 0 Å². The monoisotopic (exact) mass is 280 g/mol. The van der Waals surface area contributed by atoms with Gasteiger partial charge < -0.3 is 10.2 Å². The predicted molar refractivity (Wildman–Crippen MR) is 83.6 cm³/mol. The fourth-order valence-corrected chi connectivity index (χ4v) is 3.87. The molecule has 20 heavy (non-hydrogen) atoms. The molecule has 1 N–H and O–H groups in total. The first-order valence-corrected chi connectivity index (χ1v) is 8.74. The molecule has 0 spiro atoms. The van der Waals surface area contributed by atoms with Crippen LogP contribution in [0.3, 0.4) is 0 Å². The molecule has 3 nitrogen and oxygen atoms in total. The molecule has 2 aliphatic heterocycles. The Bertz CT molecular complexity index is 305. The first kappa shape index (κ1) is 15.8. The van der Waals surface area contributed by atoms with Crippen LogP contribution in [0.1, 0.15) is 65.2 Å². The number of likely N-dealkylation sites (tertiary alicyclic amines) is 1. The molecule has 2 heterocycles. The van der Waals surface area contributed by atoms with E-state index in [2.05, 4.69) is 24.1 Å². The number of nitrogens with zero attached hydrogens (tertiary/aromatic N) is 1. The van der Waals surface area contributed by atoms with Crippen molar-refractivity contribution >= 4 is 5.91 Å². The summed E-state index contributed by atoms with van der Waals surface area (Å²) < 4.78 is 0. The summed E-state index contributed by atoms with van der Waals surface area (Å²) in [7, 11) is 0. The van der Waals surface area contributed by atoms with Crippen LogP contribution in [-0.2, 0) is 4.79 Å².